The van der Waals surface area contributed by atoms with Crippen LogP contribution in [0.3, 0.4) is 0 Å². The topological polar surface area (TPSA) is 57.6 Å². The number of carboxylic acid groups (broad SMARTS) is 1. The highest BCUT2D eigenvalue weighted by molar-refractivity contribution is 5.85. The monoisotopic (exact) mass is 279 g/mol. The molecular formula is C12H16F3NO3. The average Bonchev–Trinajstić information content (AvgIpc) is 2.65. The SMILES string of the molecule is O=C(O)[C@@H]1C[C@@H]2CCCC[C@@H]2N1C(=O)CC(F)(F)F. The van der Waals surface area contributed by atoms with Crippen LogP contribution in [0.1, 0.15) is 38.5 Å². The molecule has 108 valence electrons. The minimum Gasteiger partial charge on any atom is -0.480 e. The van der Waals surface area contributed by atoms with Crippen molar-refractivity contribution in [3.63, 3.8) is 0 Å². The van der Waals surface area contributed by atoms with E-state index < -0.39 is 30.5 Å². The normalized spacial score (nSPS) is 31.1. The number of amides is 1. The molecule has 0 bridgehead atoms. The summed E-state index contributed by atoms with van der Waals surface area (Å²) in [7, 11) is 0. The van der Waals surface area contributed by atoms with Gasteiger partial charge in [-0.05, 0) is 25.2 Å². The Morgan fingerprint density at radius 1 is 1.21 bits per heavy atom. The van der Waals surface area contributed by atoms with Crippen LogP contribution >= 0.6 is 0 Å². The molecule has 2 fully saturated rings. The number of halogens is 3. The van der Waals surface area contributed by atoms with Gasteiger partial charge in [0.2, 0.25) is 5.91 Å². The number of likely N-dealkylation sites (tertiary alicyclic amines) is 1. The van der Waals surface area contributed by atoms with Crippen molar-refractivity contribution >= 4 is 11.9 Å². The number of aliphatic carboxylic acids is 1. The maximum Gasteiger partial charge on any atom is 0.397 e. The summed E-state index contributed by atoms with van der Waals surface area (Å²) in [5, 5.41) is 9.10. The lowest BCUT2D eigenvalue weighted by atomic mass is 9.84. The van der Waals surface area contributed by atoms with E-state index in [0.717, 1.165) is 24.2 Å². The number of hydrogen-bond donors (Lipinski definition) is 1. The fourth-order valence-electron chi connectivity index (χ4n) is 3.30. The summed E-state index contributed by atoms with van der Waals surface area (Å²) < 4.78 is 37.0. The van der Waals surface area contributed by atoms with Crippen LogP contribution in [0.15, 0.2) is 0 Å². The third-order valence-corrected chi connectivity index (χ3v) is 4.01. The Kier molecular flexibility index (Phi) is 3.73. The molecule has 0 aromatic rings. The molecule has 4 nitrogen and oxygen atoms in total. The number of carboxylic acids is 1. The summed E-state index contributed by atoms with van der Waals surface area (Å²) in [6.07, 6.45) is -2.68. The lowest BCUT2D eigenvalue weighted by Crippen LogP contribution is -2.47. The van der Waals surface area contributed by atoms with Crippen molar-refractivity contribution in [2.45, 2.75) is 56.8 Å². The number of fused-ring (bicyclic) bond motifs is 1. The molecule has 1 saturated heterocycles. The van der Waals surface area contributed by atoms with Crippen molar-refractivity contribution in [1.82, 2.24) is 4.90 Å². The Balaban J connectivity index is 2.17. The second-order valence-electron chi connectivity index (χ2n) is 5.29. The third-order valence-electron chi connectivity index (χ3n) is 4.01. The Bertz CT molecular complexity index is 383. The maximum absolute atomic E-state index is 12.3. The minimum atomic E-state index is -4.59. The molecule has 0 unspecified atom stereocenters. The van der Waals surface area contributed by atoms with Crippen LogP contribution in [0.25, 0.3) is 0 Å². The maximum atomic E-state index is 12.3. The molecule has 7 heteroatoms. The molecule has 2 aliphatic rings. The van der Waals surface area contributed by atoms with Gasteiger partial charge in [-0.2, -0.15) is 13.2 Å². The molecule has 19 heavy (non-hydrogen) atoms. The minimum absolute atomic E-state index is 0.0343. The van der Waals surface area contributed by atoms with Crippen LogP contribution in [0.2, 0.25) is 0 Å². The fraction of sp³-hybridized carbons (Fsp3) is 0.833. The molecule has 0 radical (unpaired) electrons. The van der Waals surface area contributed by atoms with E-state index in [2.05, 4.69) is 0 Å². The fourth-order valence-corrected chi connectivity index (χ4v) is 3.30. The summed E-state index contributed by atoms with van der Waals surface area (Å²) in [6, 6.07) is -1.42. The van der Waals surface area contributed by atoms with Gasteiger partial charge in [0, 0.05) is 6.04 Å². The molecule has 0 aromatic carbocycles. The molecule has 3 atom stereocenters. The van der Waals surface area contributed by atoms with Gasteiger partial charge in [0.25, 0.3) is 0 Å². The van der Waals surface area contributed by atoms with E-state index in [-0.39, 0.29) is 18.4 Å². The number of carbonyl (C=O) groups is 2. The van der Waals surface area contributed by atoms with Crippen molar-refractivity contribution in [3.05, 3.63) is 0 Å². The van der Waals surface area contributed by atoms with Crippen LogP contribution in [0, 0.1) is 5.92 Å². The van der Waals surface area contributed by atoms with E-state index >= 15 is 0 Å². The van der Waals surface area contributed by atoms with Crippen LogP contribution in [-0.4, -0.2) is 40.1 Å². The van der Waals surface area contributed by atoms with Crippen molar-refractivity contribution in [1.29, 1.82) is 0 Å². The largest absolute Gasteiger partial charge is 0.480 e. The van der Waals surface area contributed by atoms with E-state index in [9.17, 15) is 22.8 Å². The molecule has 1 saturated carbocycles. The van der Waals surface area contributed by atoms with Gasteiger partial charge in [0.1, 0.15) is 12.5 Å². The third kappa shape index (κ3) is 3.01. The number of alkyl halides is 3. The highest BCUT2D eigenvalue weighted by Crippen LogP contribution is 2.40. The molecule has 0 spiro atoms. The van der Waals surface area contributed by atoms with Gasteiger partial charge < -0.3 is 10.0 Å². The standard InChI is InChI=1S/C12H16F3NO3/c13-12(14,15)6-10(17)16-8-4-2-1-3-7(8)5-9(16)11(18)19/h7-9H,1-6H2,(H,18,19)/t7-,8-,9-/m0/s1. The number of carbonyl (C=O) groups excluding carboxylic acids is 1. The summed E-state index contributed by atoms with van der Waals surface area (Å²) in [5.74, 6) is -2.27. The van der Waals surface area contributed by atoms with E-state index in [4.69, 9.17) is 5.11 Å². The Hall–Kier alpha value is -1.27. The van der Waals surface area contributed by atoms with Crippen LogP contribution in [0.4, 0.5) is 13.2 Å². The molecule has 1 amide bonds. The van der Waals surface area contributed by atoms with Crippen molar-refractivity contribution in [2.75, 3.05) is 0 Å². The van der Waals surface area contributed by atoms with Gasteiger partial charge in [-0.1, -0.05) is 12.8 Å². The number of nitrogens with zero attached hydrogens (tertiary/aromatic N) is 1. The van der Waals surface area contributed by atoms with Crippen molar-refractivity contribution in [2.24, 2.45) is 5.92 Å². The lowest BCUT2D eigenvalue weighted by Gasteiger charge is -2.33. The highest BCUT2D eigenvalue weighted by atomic mass is 19.4. The Labute approximate surface area is 108 Å². The summed E-state index contributed by atoms with van der Waals surface area (Å²) in [4.78, 5) is 23.9. The molecule has 0 aromatic heterocycles. The first kappa shape index (κ1) is 14.1. The zero-order valence-electron chi connectivity index (χ0n) is 10.3. The molecular weight excluding hydrogens is 263 g/mol. The summed E-state index contributed by atoms with van der Waals surface area (Å²) in [5.41, 5.74) is 0. The molecule has 1 heterocycles. The predicted molar refractivity (Wildman–Crippen MR) is 59.3 cm³/mol. The second kappa shape index (κ2) is 5.02. The zero-order chi connectivity index (χ0) is 14.2. The van der Waals surface area contributed by atoms with Crippen LogP contribution < -0.4 is 0 Å². The first-order valence-electron chi connectivity index (χ1n) is 6.40. The smallest absolute Gasteiger partial charge is 0.397 e. The number of rotatable bonds is 2. The van der Waals surface area contributed by atoms with Gasteiger partial charge in [0.05, 0.1) is 0 Å². The van der Waals surface area contributed by atoms with Gasteiger partial charge in [0.15, 0.2) is 0 Å². The first-order chi connectivity index (χ1) is 8.79. The number of hydrogen-bond acceptors (Lipinski definition) is 2. The van der Waals surface area contributed by atoms with E-state index in [1.54, 1.807) is 0 Å². The van der Waals surface area contributed by atoms with E-state index in [1.165, 1.54) is 0 Å². The quantitative estimate of drug-likeness (QED) is 0.843. The second-order valence-corrected chi connectivity index (χ2v) is 5.29. The van der Waals surface area contributed by atoms with Gasteiger partial charge >= 0.3 is 12.1 Å². The summed E-state index contributed by atoms with van der Waals surface area (Å²) >= 11 is 0. The van der Waals surface area contributed by atoms with Crippen molar-refractivity contribution < 1.29 is 27.9 Å². The summed E-state index contributed by atoms with van der Waals surface area (Å²) in [6.45, 7) is 0. The van der Waals surface area contributed by atoms with E-state index in [1.807, 2.05) is 0 Å². The van der Waals surface area contributed by atoms with Gasteiger partial charge in [-0.15, -0.1) is 0 Å². The Morgan fingerprint density at radius 3 is 2.42 bits per heavy atom. The zero-order valence-corrected chi connectivity index (χ0v) is 10.3. The lowest BCUT2D eigenvalue weighted by molar-refractivity contribution is -0.167. The van der Waals surface area contributed by atoms with Gasteiger partial charge in [-0.25, -0.2) is 4.79 Å². The molecule has 1 N–H and O–H groups in total. The molecule has 1 aliphatic carbocycles. The van der Waals surface area contributed by atoms with Gasteiger partial charge in [-0.3, -0.25) is 4.79 Å². The van der Waals surface area contributed by atoms with Crippen molar-refractivity contribution in [3.8, 4) is 0 Å². The predicted octanol–water partition coefficient (Wildman–Crippen LogP) is 2.18. The van der Waals surface area contributed by atoms with Crippen LogP contribution in [0.5, 0.6) is 0 Å². The first-order valence-corrected chi connectivity index (χ1v) is 6.40. The molecule has 2 rings (SSSR count). The van der Waals surface area contributed by atoms with Crippen LogP contribution in [-0.2, 0) is 9.59 Å². The average molecular weight is 279 g/mol. The van der Waals surface area contributed by atoms with E-state index in [0.29, 0.717) is 6.42 Å². The Morgan fingerprint density at radius 2 is 1.84 bits per heavy atom. The molecule has 1 aliphatic heterocycles. The highest BCUT2D eigenvalue weighted by Gasteiger charge is 2.49.